The molecule has 0 saturated heterocycles. The molecule has 1 saturated carbocycles. The van der Waals surface area contributed by atoms with Crippen LogP contribution in [-0.2, 0) is 16.6 Å². The molecule has 1 aromatic rings. The highest BCUT2D eigenvalue weighted by Gasteiger charge is 2.30. The Hall–Kier alpha value is -1.11. The van der Waals surface area contributed by atoms with Crippen LogP contribution in [0.3, 0.4) is 0 Å². The highest BCUT2D eigenvalue weighted by Crippen LogP contribution is 2.33. The van der Waals surface area contributed by atoms with Gasteiger partial charge in [0.15, 0.2) is 0 Å². The zero-order chi connectivity index (χ0) is 14.0. The van der Waals surface area contributed by atoms with Crippen molar-refractivity contribution in [3.63, 3.8) is 0 Å². The molecular weight excluding hydrogens is 266 g/mol. The first-order chi connectivity index (χ1) is 8.98. The second-order valence-corrected chi connectivity index (χ2v) is 6.89. The summed E-state index contributed by atoms with van der Waals surface area (Å²) in [5.74, 6) is 0.761. The summed E-state index contributed by atoms with van der Waals surface area (Å²) in [6, 6.07) is 4.64. The molecule has 0 heterocycles. The van der Waals surface area contributed by atoms with Crippen LogP contribution in [-0.4, -0.2) is 38.5 Å². The number of aliphatic hydroxyl groups excluding tert-OH is 1. The number of rotatable bonds is 6. The largest absolute Gasteiger partial charge is 0.495 e. The zero-order valence-corrected chi connectivity index (χ0v) is 12.0. The van der Waals surface area contributed by atoms with Gasteiger partial charge in [-0.05, 0) is 36.5 Å². The zero-order valence-electron chi connectivity index (χ0n) is 11.2. The van der Waals surface area contributed by atoms with Gasteiger partial charge >= 0.3 is 0 Å². The quantitative estimate of drug-likeness (QED) is 0.853. The van der Waals surface area contributed by atoms with Crippen LogP contribution in [0.4, 0.5) is 0 Å². The van der Waals surface area contributed by atoms with Gasteiger partial charge in [-0.1, -0.05) is 6.07 Å². The Labute approximate surface area is 113 Å². The lowest BCUT2D eigenvalue weighted by Gasteiger charge is -2.19. The smallest absolute Gasteiger partial charge is 0.246 e. The summed E-state index contributed by atoms with van der Waals surface area (Å²) in [7, 11) is -0.518. The maximum Gasteiger partial charge on any atom is 0.246 e. The second kappa shape index (κ2) is 5.48. The number of sulfonamides is 1. The van der Waals surface area contributed by atoms with Gasteiger partial charge in [0.25, 0.3) is 0 Å². The van der Waals surface area contributed by atoms with E-state index in [9.17, 15) is 8.42 Å². The molecule has 0 bridgehead atoms. The average molecular weight is 285 g/mol. The van der Waals surface area contributed by atoms with Crippen molar-refractivity contribution in [3.8, 4) is 5.75 Å². The van der Waals surface area contributed by atoms with Crippen LogP contribution >= 0.6 is 0 Å². The molecule has 6 heteroatoms. The molecule has 0 atom stereocenters. The van der Waals surface area contributed by atoms with Crippen LogP contribution in [0.15, 0.2) is 23.1 Å². The molecule has 0 unspecified atom stereocenters. The predicted octanol–water partition coefficient (Wildman–Crippen LogP) is 1.22. The van der Waals surface area contributed by atoms with Gasteiger partial charge < -0.3 is 9.84 Å². The Kier molecular flexibility index (Phi) is 4.13. The number of hydrogen-bond acceptors (Lipinski definition) is 4. The number of aliphatic hydroxyl groups is 1. The SMILES string of the molecule is COc1cc(CO)ccc1S(=O)(=O)N(C)CC1CC1. The normalized spacial score (nSPS) is 15.8. The molecule has 1 N–H and O–H groups in total. The molecule has 0 amide bonds. The van der Waals surface area contributed by atoms with Gasteiger partial charge in [0.1, 0.15) is 10.6 Å². The van der Waals surface area contributed by atoms with Crippen LogP contribution in [0.2, 0.25) is 0 Å². The highest BCUT2D eigenvalue weighted by atomic mass is 32.2. The van der Waals surface area contributed by atoms with Crippen LogP contribution in [0.5, 0.6) is 5.75 Å². The van der Waals surface area contributed by atoms with E-state index in [1.807, 2.05) is 0 Å². The van der Waals surface area contributed by atoms with Crippen molar-refractivity contribution in [2.75, 3.05) is 20.7 Å². The van der Waals surface area contributed by atoms with E-state index in [1.54, 1.807) is 19.2 Å². The van der Waals surface area contributed by atoms with Crippen molar-refractivity contribution < 1.29 is 18.3 Å². The summed E-state index contributed by atoms with van der Waals surface area (Å²) >= 11 is 0. The monoisotopic (exact) mass is 285 g/mol. The van der Waals surface area contributed by atoms with Crippen LogP contribution in [0, 0.1) is 5.92 Å². The summed E-state index contributed by atoms with van der Waals surface area (Å²) in [6.45, 7) is 0.405. The molecule has 19 heavy (non-hydrogen) atoms. The lowest BCUT2D eigenvalue weighted by atomic mass is 10.2. The molecule has 2 rings (SSSR count). The number of methoxy groups -OCH3 is 1. The Morgan fingerprint density at radius 3 is 2.63 bits per heavy atom. The Balaban J connectivity index is 2.32. The molecule has 0 aromatic heterocycles. The minimum Gasteiger partial charge on any atom is -0.495 e. The summed E-state index contributed by atoms with van der Waals surface area (Å²) in [5, 5.41) is 9.07. The third-order valence-electron chi connectivity index (χ3n) is 3.31. The predicted molar refractivity (Wildman–Crippen MR) is 71.5 cm³/mol. The summed E-state index contributed by atoms with van der Waals surface area (Å²) < 4.78 is 31.4. The Morgan fingerprint density at radius 1 is 1.42 bits per heavy atom. The summed E-state index contributed by atoms with van der Waals surface area (Å²) in [6.07, 6.45) is 2.20. The molecular formula is C13H19NO4S. The van der Waals surface area contributed by atoms with E-state index in [2.05, 4.69) is 0 Å². The lowest BCUT2D eigenvalue weighted by molar-refractivity contribution is 0.280. The number of benzene rings is 1. The second-order valence-electron chi connectivity index (χ2n) is 4.87. The van der Waals surface area contributed by atoms with Crippen molar-refractivity contribution >= 4 is 10.0 Å². The van der Waals surface area contributed by atoms with E-state index < -0.39 is 10.0 Å². The number of ether oxygens (including phenoxy) is 1. The standard InChI is InChI=1S/C13H19NO4S/c1-14(8-10-3-4-10)19(16,17)13-6-5-11(9-15)7-12(13)18-2/h5-7,10,15H,3-4,8-9H2,1-2H3. The van der Waals surface area contributed by atoms with Crippen molar-refractivity contribution in [2.24, 2.45) is 5.92 Å². The third-order valence-corrected chi connectivity index (χ3v) is 5.17. The average Bonchev–Trinajstić information content (AvgIpc) is 3.21. The van der Waals surface area contributed by atoms with Crippen molar-refractivity contribution in [2.45, 2.75) is 24.3 Å². The molecule has 1 aliphatic rings. The minimum atomic E-state index is -3.54. The Bertz CT molecular complexity index is 552. The fourth-order valence-corrected chi connectivity index (χ4v) is 3.33. The van der Waals surface area contributed by atoms with E-state index in [0.717, 1.165) is 12.8 Å². The van der Waals surface area contributed by atoms with E-state index in [1.165, 1.54) is 17.5 Å². The molecule has 1 fully saturated rings. The van der Waals surface area contributed by atoms with Gasteiger partial charge in [-0.25, -0.2) is 12.7 Å². The number of hydrogen-bond donors (Lipinski definition) is 1. The van der Waals surface area contributed by atoms with Crippen LogP contribution in [0.25, 0.3) is 0 Å². The van der Waals surface area contributed by atoms with Crippen LogP contribution < -0.4 is 4.74 Å². The topological polar surface area (TPSA) is 66.8 Å². The van der Waals surface area contributed by atoms with Crippen LogP contribution in [0.1, 0.15) is 18.4 Å². The maximum atomic E-state index is 12.5. The fourth-order valence-electron chi connectivity index (χ4n) is 1.95. The van der Waals surface area contributed by atoms with Gasteiger partial charge in [0.2, 0.25) is 10.0 Å². The van der Waals surface area contributed by atoms with Gasteiger partial charge in [-0.2, -0.15) is 0 Å². The van der Waals surface area contributed by atoms with Gasteiger partial charge in [-0.15, -0.1) is 0 Å². The molecule has 1 aliphatic carbocycles. The van der Waals surface area contributed by atoms with Gasteiger partial charge in [-0.3, -0.25) is 0 Å². The van der Waals surface area contributed by atoms with Gasteiger partial charge in [0, 0.05) is 13.6 Å². The lowest BCUT2D eigenvalue weighted by Crippen LogP contribution is -2.29. The summed E-state index contributed by atoms with van der Waals surface area (Å²) in [4.78, 5) is 0.148. The minimum absolute atomic E-state index is 0.144. The molecule has 1 aromatic carbocycles. The fraction of sp³-hybridized carbons (Fsp3) is 0.538. The van der Waals surface area contributed by atoms with Crippen molar-refractivity contribution in [1.29, 1.82) is 0 Å². The van der Waals surface area contributed by atoms with E-state index in [0.29, 0.717) is 18.0 Å². The number of nitrogens with zero attached hydrogens (tertiary/aromatic N) is 1. The third kappa shape index (κ3) is 3.08. The highest BCUT2D eigenvalue weighted by molar-refractivity contribution is 7.89. The molecule has 0 aliphatic heterocycles. The van der Waals surface area contributed by atoms with Crippen molar-refractivity contribution in [1.82, 2.24) is 4.31 Å². The molecule has 0 radical (unpaired) electrons. The maximum absolute atomic E-state index is 12.5. The molecule has 5 nitrogen and oxygen atoms in total. The van der Waals surface area contributed by atoms with E-state index in [4.69, 9.17) is 9.84 Å². The first-order valence-corrected chi connectivity index (χ1v) is 7.67. The Morgan fingerprint density at radius 2 is 2.11 bits per heavy atom. The molecule has 106 valence electrons. The first kappa shape index (κ1) is 14.3. The first-order valence-electron chi connectivity index (χ1n) is 6.23. The summed E-state index contributed by atoms with van der Waals surface area (Å²) in [5.41, 5.74) is 0.626. The van der Waals surface area contributed by atoms with Gasteiger partial charge in [0.05, 0.1) is 13.7 Å². The van der Waals surface area contributed by atoms with E-state index >= 15 is 0 Å². The van der Waals surface area contributed by atoms with Crippen molar-refractivity contribution in [3.05, 3.63) is 23.8 Å². The molecule has 0 spiro atoms. The van der Waals surface area contributed by atoms with E-state index in [-0.39, 0.29) is 17.3 Å².